The van der Waals surface area contributed by atoms with Crippen molar-refractivity contribution in [3.8, 4) is 0 Å². The first kappa shape index (κ1) is 16.9. The Morgan fingerprint density at radius 3 is 2.56 bits per heavy atom. The molecule has 1 N–H and O–H groups in total. The number of anilines is 1. The van der Waals surface area contributed by atoms with Crippen LogP contribution in [0.3, 0.4) is 0 Å². The molecule has 130 valence electrons. The number of carbonyl (C=O) groups excluding carboxylic acids is 2. The first-order valence-corrected chi connectivity index (χ1v) is 8.28. The van der Waals surface area contributed by atoms with Crippen LogP contribution in [0.15, 0.2) is 36.4 Å². The van der Waals surface area contributed by atoms with Crippen molar-refractivity contribution in [1.29, 1.82) is 0 Å². The van der Waals surface area contributed by atoms with Crippen molar-refractivity contribution in [1.82, 2.24) is 20.2 Å². The lowest BCUT2D eigenvalue weighted by molar-refractivity contribution is -0.118. The van der Waals surface area contributed by atoms with Crippen molar-refractivity contribution in [3.05, 3.63) is 53.5 Å². The topological polar surface area (TPSA) is 78.4 Å². The highest BCUT2D eigenvalue weighted by molar-refractivity contribution is 5.92. The Morgan fingerprint density at radius 1 is 1.16 bits per heavy atom. The fourth-order valence-corrected chi connectivity index (χ4v) is 2.76. The number of piperazine rings is 1. The molecule has 1 aromatic carbocycles. The summed E-state index contributed by atoms with van der Waals surface area (Å²) < 4.78 is 0. The Bertz CT molecular complexity index is 742. The molecule has 25 heavy (non-hydrogen) atoms. The number of nitrogens with one attached hydrogen (secondary N) is 1. The number of hydrogen-bond acceptors (Lipinski definition) is 5. The molecular formula is C18H21N5O2. The quantitative estimate of drug-likeness (QED) is 0.822. The maximum Gasteiger partial charge on any atom is 0.270 e. The van der Waals surface area contributed by atoms with E-state index in [1.807, 2.05) is 30.3 Å². The Hall–Kier alpha value is -2.96. The Morgan fingerprint density at radius 2 is 1.88 bits per heavy atom. The van der Waals surface area contributed by atoms with Gasteiger partial charge in [0.1, 0.15) is 17.3 Å². The number of aromatic nitrogens is 2. The molecule has 1 aliphatic heterocycles. The molecule has 2 aromatic rings. The summed E-state index contributed by atoms with van der Waals surface area (Å²) in [5, 5.41) is 2.89. The van der Waals surface area contributed by atoms with Crippen LogP contribution in [0.25, 0.3) is 0 Å². The van der Waals surface area contributed by atoms with Crippen molar-refractivity contribution >= 4 is 18.1 Å². The second-order valence-electron chi connectivity index (χ2n) is 5.96. The van der Waals surface area contributed by atoms with Crippen molar-refractivity contribution in [2.24, 2.45) is 0 Å². The normalized spacial score (nSPS) is 14.3. The molecule has 1 saturated heterocycles. The molecular weight excluding hydrogens is 318 g/mol. The summed E-state index contributed by atoms with van der Waals surface area (Å²) in [7, 11) is 0. The third-order valence-electron chi connectivity index (χ3n) is 4.14. The van der Waals surface area contributed by atoms with Crippen LogP contribution < -0.4 is 10.2 Å². The third-order valence-corrected chi connectivity index (χ3v) is 4.14. The number of carbonyl (C=O) groups is 2. The minimum absolute atomic E-state index is 0.220. The number of amides is 2. The number of nitrogens with zero attached hydrogens (tertiary/aromatic N) is 4. The molecule has 2 heterocycles. The second-order valence-corrected chi connectivity index (χ2v) is 5.96. The molecule has 3 rings (SSSR count). The molecule has 0 radical (unpaired) electrons. The van der Waals surface area contributed by atoms with E-state index in [1.54, 1.807) is 17.9 Å². The van der Waals surface area contributed by atoms with Crippen LogP contribution in [-0.2, 0) is 11.3 Å². The average Bonchev–Trinajstić information content (AvgIpc) is 2.66. The van der Waals surface area contributed by atoms with E-state index < -0.39 is 0 Å². The predicted molar refractivity (Wildman–Crippen MR) is 94.2 cm³/mol. The molecule has 1 aliphatic rings. The van der Waals surface area contributed by atoms with Crippen molar-refractivity contribution in [2.75, 3.05) is 31.1 Å². The maximum atomic E-state index is 12.4. The standard InChI is InChI=1S/C18H21N5O2/c1-14-20-16(18(25)19-12-15-5-3-2-4-6-15)11-17(21-14)23-9-7-22(13-24)8-10-23/h2-6,11,13H,7-10,12H2,1H3,(H,19,25). The molecule has 0 spiro atoms. The SMILES string of the molecule is Cc1nc(C(=O)NCc2ccccc2)cc(N2CCN(C=O)CC2)n1. The van der Waals surface area contributed by atoms with E-state index in [-0.39, 0.29) is 5.91 Å². The van der Waals surface area contributed by atoms with Crippen LogP contribution in [0, 0.1) is 6.92 Å². The van der Waals surface area contributed by atoms with Gasteiger partial charge in [-0.25, -0.2) is 9.97 Å². The molecule has 0 saturated carbocycles. The number of rotatable bonds is 5. The van der Waals surface area contributed by atoms with Gasteiger partial charge in [0, 0.05) is 38.8 Å². The summed E-state index contributed by atoms with van der Waals surface area (Å²) in [6, 6.07) is 11.5. The molecule has 0 unspecified atom stereocenters. The zero-order valence-electron chi connectivity index (χ0n) is 14.2. The molecule has 0 atom stereocenters. The minimum atomic E-state index is -0.220. The van der Waals surface area contributed by atoms with Gasteiger partial charge in [0.2, 0.25) is 6.41 Å². The lowest BCUT2D eigenvalue weighted by Crippen LogP contribution is -2.46. The van der Waals surface area contributed by atoms with E-state index in [0.717, 1.165) is 17.8 Å². The summed E-state index contributed by atoms with van der Waals surface area (Å²) in [6.45, 7) is 4.93. The molecule has 1 aromatic heterocycles. The number of aryl methyl sites for hydroxylation is 1. The molecule has 0 aliphatic carbocycles. The Kier molecular flexibility index (Phi) is 5.23. The van der Waals surface area contributed by atoms with Gasteiger partial charge in [0.25, 0.3) is 5.91 Å². The van der Waals surface area contributed by atoms with Crippen molar-refractivity contribution in [3.63, 3.8) is 0 Å². The van der Waals surface area contributed by atoms with Crippen LogP contribution in [0.4, 0.5) is 5.82 Å². The monoisotopic (exact) mass is 339 g/mol. The van der Waals surface area contributed by atoms with Crippen molar-refractivity contribution < 1.29 is 9.59 Å². The van der Waals surface area contributed by atoms with E-state index in [1.165, 1.54) is 0 Å². The van der Waals surface area contributed by atoms with Gasteiger partial charge in [-0.2, -0.15) is 0 Å². The van der Waals surface area contributed by atoms with Gasteiger partial charge >= 0.3 is 0 Å². The Balaban J connectivity index is 1.68. The second kappa shape index (κ2) is 7.74. The predicted octanol–water partition coefficient (Wildman–Crippen LogP) is 0.993. The van der Waals surface area contributed by atoms with Gasteiger partial charge in [-0.05, 0) is 12.5 Å². The van der Waals surface area contributed by atoms with Gasteiger partial charge in [-0.15, -0.1) is 0 Å². The summed E-state index contributed by atoms with van der Waals surface area (Å²) in [4.78, 5) is 35.7. The highest BCUT2D eigenvalue weighted by Crippen LogP contribution is 2.15. The maximum absolute atomic E-state index is 12.4. The Labute approximate surface area is 146 Å². The first-order chi connectivity index (χ1) is 12.2. The van der Waals surface area contributed by atoms with E-state index >= 15 is 0 Å². The zero-order chi connectivity index (χ0) is 17.6. The molecule has 7 heteroatoms. The van der Waals surface area contributed by atoms with E-state index in [2.05, 4.69) is 20.2 Å². The third kappa shape index (κ3) is 4.32. The summed E-state index contributed by atoms with van der Waals surface area (Å²) >= 11 is 0. The smallest absolute Gasteiger partial charge is 0.270 e. The fraction of sp³-hybridized carbons (Fsp3) is 0.333. The zero-order valence-corrected chi connectivity index (χ0v) is 14.2. The minimum Gasteiger partial charge on any atom is -0.353 e. The van der Waals surface area contributed by atoms with Gasteiger partial charge in [0.15, 0.2) is 0 Å². The molecule has 1 fully saturated rings. The van der Waals surface area contributed by atoms with Gasteiger partial charge < -0.3 is 15.1 Å². The lowest BCUT2D eigenvalue weighted by Gasteiger charge is -2.33. The van der Waals surface area contributed by atoms with Crippen LogP contribution in [0.5, 0.6) is 0 Å². The van der Waals surface area contributed by atoms with E-state index in [4.69, 9.17) is 0 Å². The molecule has 7 nitrogen and oxygen atoms in total. The van der Waals surface area contributed by atoms with E-state index in [9.17, 15) is 9.59 Å². The van der Waals surface area contributed by atoms with Crippen LogP contribution >= 0.6 is 0 Å². The first-order valence-electron chi connectivity index (χ1n) is 8.28. The van der Waals surface area contributed by atoms with Gasteiger partial charge in [-0.3, -0.25) is 9.59 Å². The van der Waals surface area contributed by atoms with Crippen LogP contribution in [-0.4, -0.2) is 53.4 Å². The van der Waals surface area contributed by atoms with Gasteiger partial charge in [0.05, 0.1) is 0 Å². The van der Waals surface area contributed by atoms with Crippen LogP contribution in [0.1, 0.15) is 21.9 Å². The van der Waals surface area contributed by atoms with Gasteiger partial charge in [-0.1, -0.05) is 30.3 Å². The number of benzene rings is 1. The summed E-state index contributed by atoms with van der Waals surface area (Å²) in [6.07, 6.45) is 0.866. The highest BCUT2D eigenvalue weighted by atomic mass is 16.2. The fourth-order valence-electron chi connectivity index (χ4n) is 2.76. The lowest BCUT2D eigenvalue weighted by atomic mass is 10.2. The van der Waals surface area contributed by atoms with E-state index in [0.29, 0.717) is 44.2 Å². The van der Waals surface area contributed by atoms with Crippen LogP contribution in [0.2, 0.25) is 0 Å². The summed E-state index contributed by atoms with van der Waals surface area (Å²) in [5.41, 5.74) is 1.39. The van der Waals surface area contributed by atoms with Crippen molar-refractivity contribution in [2.45, 2.75) is 13.5 Å². The average molecular weight is 339 g/mol. The molecule has 0 bridgehead atoms. The largest absolute Gasteiger partial charge is 0.353 e. The molecule has 2 amide bonds. The number of hydrogen-bond donors (Lipinski definition) is 1. The summed E-state index contributed by atoms with van der Waals surface area (Å²) in [5.74, 6) is 1.06. The highest BCUT2D eigenvalue weighted by Gasteiger charge is 2.19.